The van der Waals surface area contributed by atoms with Gasteiger partial charge in [-0.1, -0.05) is 13.2 Å². The molecule has 0 spiro atoms. The van der Waals surface area contributed by atoms with Crippen molar-refractivity contribution in [3.05, 3.63) is 25.7 Å². The van der Waals surface area contributed by atoms with Gasteiger partial charge in [-0.15, -0.1) is 0 Å². The number of Topliss-reactive ketones (excluding diaryl/α,β-unsaturated/α-hetero) is 1. The van der Waals surface area contributed by atoms with Crippen molar-refractivity contribution < 1.29 is 9.53 Å². The molecule has 1 fully saturated rings. The third-order valence-electron chi connectivity index (χ3n) is 0.647. The quantitative estimate of drug-likeness (QED) is 0.526. The van der Waals surface area contributed by atoms with E-state index in [0.29, 0.717) is 5.78 Å². The van der Waals surface area contributed by atoms with Crippen molar-refractivity contribution in [2.75, 3.05) is 0 Å². The molecule has 0 amide bonds. The maximum absolute atomic E-state index is 9.56. The molecule has 0 aromatic rings. The molecular weight excluding hydrogens is 116 g/mol. The molecule has 9 heavy (non-hydrogen) atoms. The Labute approximate surface area is 54.8 Å². The standard InChI is InChI=1S/C4H6O.C3H4O/c1-3-5-4-2;4-3-1-2-3/h3-4H,1-2H2;1-2H2. The van der Waals surface area contributed by atoms with E-state index < -0.39 is 0 Å². The fraction of sp³-hybridized carbons (Fsp3) is 0.286. The molecule has 50 valence electrons. The fourth-order valence-electron chi connectivity index (χ4n) is 0.119. The second kappa shape index (κ2) is 5.09. The normalized spacial score (nSPS) is 12.7. The summed E-state index contributed by atoms with van der Waals surface area (Å²) in [5.74, 6) is 0.417. The van der Waals surface area contributed by atoms with Crippen molar-refractivity contribution in [3.8, 4) is 0 Å². The Hall–Kier alpha value is -1.05. The molecule has 0 atom stereocenters. The van der Waals surface area contributed by atoms with E-state index in [9.17, 15) is 4.79 Å². The SMILES string of the molecule is C=COC=C.O=C1CC1. The van der Waals surface area contributed by atoms with E-state index in [1.54, 1.807) is 0 Å². The first kappa shape index (κ1) is 7.95. The molecule has 0 unspecified atom stereocenters. The van der Waals surface area contributed by atoms with Gasteiger partial charge in [0.2, 0.25) is 0 Å². The summed E-state index contributed by atoms with van der Waals surface area (Å²) in [5.41, 5.74) is 0. The first-order valence-corrected chi connectivity index (χ1v) is 2.70. The first-order chi connectivity index (χ1) is 4.31. The molecular formula is C7H10O2. The minimum atomic E-state index is 0.417. The van der Waals surface area contributed by atoms with Gasteiger partial charge in [0.1, 0.15) is 5.78 Å². The number of hydrogen-bond acceptors (Lipinski definition) is 2. The van der Waals surface area contributed by atoms with E-state index in [0.717, 1.165) is 12.8 Å². The molecule has 0 saturated heterocycles. The van der Waals surface area contributed by atoms with E-state index in [1.165, 1.54) is 12.5 Å². The Kier molecular flexibility index (Phi) is 4.50. The minimum Gasteiger partial charge on any atom is -0.474 e. The maximum atomic E-state index is 9.56. The zero-order valence-corrected chi connectivity index (χ0v) is 5.30. The molecule has 1 saturated carbocycles. The van der Waals surface area contributed by atoms with Gasteiger partial charge in [-0.05, 0) is 0 Å². The van der Waals surface area contributed by atoms with Gasteiger partial charge in [-0.25, -0.2) is 0 Å². The summed E-state index contributed by atoms with van der Waals surface area (Å²) in [6.45, 7) is 6.51. The van der Waals surface area contributed by atoms with Crippen LogP contribution in [0.25, 0.3) is 0 Å². The van der Waals surface area contributed by atoms with Crippen molar-refractivity contribution in [1.29, 1.82) is 0 Å². The summed E-state index contributed by atoms with van der Waals surface area (Å²) >= 11 is 0. The Morgan fingerprint density at radius 1 is 1.33 bits per heavy atom. The fourth-order valence-corrected chi connectivity index (χ4v) is 0.119. The number of rotatable bonds is 2. The third kappa shape index (κ3) is 10.9. The number of carbonyl (C=O) groups is 1. The van der Waals surface area contributed by atoms with Gasteiger partial charge in [0.05, 0.1) is 12.5 Å². The smallest absolute Gasteiger partial charge is 0.133 e. The maximum Gasteiger partial charge on any atom is 0.133 e. The molecule has 1 rings (SSSR count). The summed E-state index contributed by atoms with van der Waals surface area (Å²) in [5, 5.41) is 0. The molecule has 0 heterocycles. The van der Waals surface area contributed by atoms with Crippen molar-refractivity contribution >= 4 is 5.78 Å². The van der Waals surface area contributed by atoms with Gasteiger partial charge in [0.25, 0.3) is 0 Å². The first-order valence-electron chi connectivity index (χ1n) is 2.70. The van der Waals surface area contributed by atoms with Gasteiger partial charge in [0.15, 0.2) is 0 Å². The lowest BCUT2D eigenvalue weighted by Gasteiger charge is -1.76. The highest BCUT2D eigenvalue weighted by Gasteiger charge is 2.13. The zero-order chi connectivity index (χ0) is 7.11. The number of carbonyl (C=O) groups excluding carboxylic acids is 1. The van der Waals surface area contributed by atoms with Crippen LogP contribution in [-0.4, -0.2) is 5.78 Å². The molecule has 0 radical (unpaired) electrons. The van der Waals surface area contributed by atoms with Crippen molar-refractivity contribution in [2.24, 2.45) is 0 Å². The molecule has 1 aliphatic rings. The lowest BCUT2D eigenvalue weighted by molar-refractivity contribution is -0.109. The van der Waals surface area contributed by atoms with Gasteiger partial charge < -0.3 is 4.74 Å². The predicted octanol–water partition coefficient (Wildman–Crippen LogP) is 1.64. The molecule has 0 aliphatic heterocycles. The highest BCUT2D eigenvalue weighted by Crippen LogP contribution is 2.08. The lowest BCUT2D eigenvalue weighted by Crippen LogP contribution is -1.52. The summed E-state index contributed by atoms with van der Waals surface area (Å²) < 4.78 is 4.36. The number of ketones is 1. The average molecular weight is 126 g/mol. The van der Waals surface area contributed by atoms with Crippen LogP contribution in [-0.2, 0) is 9.53 Å². The van der Waals surface area contributed by atoms with Crippen LogP contribution < -0.4 is 0 Å². The highest BCUT2D eigenvalue weighted by atomic mass is 16.5. The van der Waals surface area contributed by atoms with Crippen molar-refractivity contribution in [1.82, 2.24) is 0 Å². The number of hydrogen-bond donors (Lipinski definition) is 0. The zero-order valence-electron chi connectivity index (χ0n) is 5.30. The molecule has 1 aliphatic carbocycles. The molecule has 2 nitrogen and oxygen atoms in total. The lowest BCUT2D eigenvalue weighted by atomic mass is 10.9. The van der Waals surface area contributed by atoms with Crippen LogP contribution in [0.2, 0.25) is 0 Å². The molecule has 0 aromatic heterocycles. The molecule has 0 bridgehead atoms. The Morgan fingerprint density at radius 2 is 1.67 bits per heavy atom. The second-order valence-electron chi connectivity index (χ2n) is 1.51. The summed E-state index contributed by atoms with van der Waals surface area (Å²) in [4.78, 5) is 9.56. The second-order valence-corrected chi connectivity index (χ2v) is 1.51. The van der Waals surface area contributed by atoms with Crippen LogP contribution in [0, 0.1) is 0 Å². The van der Waals surface area contributed by atoms with Gasteiger partial charge in [0, 0.05) is 12.8 Å². The van der Waals surface area contributed by atoms with Crippen molar-refractivity contribution in [2.45, 2.75) is 12.8 Å². The summed E-state index contributed by atoms with van der Waals surface area (Å²) in [6, 6.07) is 0. The average Bonchev–Trinajstić information content (AvgIpc) is 2.55. The van der Waals surface area contributed by atoms with Crippen LogP contribution in [0.3, 0.4) is 0 Å². The van der Waals surface area contributed by atoms with Crippen LogP contribution >= 0.6 is 0 Å². The van der Waals surface area contributed by atoms with Crippen molar-refractivity contribution in [3.63, 3.8) is 0 Å². The summed E-state index contributed by atoms with van der Waals surface area (Å²) in [7, 11) is 0. The molecule has 0 N–H and O–H groups in total. The van der Waals surface area contributed by atoms with Gasteiger partial charge >= 0.3 is 0 Å². The third-order valence-corrected chi connectivity index (χ3v) is 0.647. The Bertz CT molecular complexity index is 104. The summed E-state index contributed by atoms with van der Waals surface area (Å²) in [6.07, 6.45) is 4.32. The van der Waals surface area contributed by atoms with Crippen LogP contribution in [0.5, 0.6) is 0 Å². The Morgan fingerprint density at radius 3 is 1.67 bits per heavy atom. The van der Waals surface area contributed by atoms with E-state index in [2.05, 4.69) is 17.9 Å². The highest BCUT2D eigenvalue weighted by molar-refractivity contribution is 5.92. The van der Waals surface area contributed by atoms with E-state index in [-0.39, 0.29) is 0 Å². The molecule has 2 heteroatoms. The topological polar surface area (TPSA) is 26.3 Å². The van der Waals surface area contributed by atoms with Gasteiger partial charge in [-0.2, -0.15) is 0 Å². The van der Waals surface area contributed by atoms with E-state index in [1.807, 2.05) is 0 Å². The predicted molar refractivity (Wildman–Crippen MR) is 35.7 cm³/mol. The molecule has 0 aromatic carbocycles. The van der Waals surface area contributed by atoms with Crippen LogP contribution in [0.1, 0.15) is 12.8 Å². The van der Waals surface area contributed by atoms with Gasteiger partial charge in [-0.3, -0.25) is 4.79 Å². The number of ether oxygens (including phenoxy) is 1. The van der Waals surface area contributed by atoms with Crippen LogP contribution in [0.15, 0.2) is 25.7 Å². The minimum absolute atomic E-state index is 0.417. The van der Waals surface area contributed by atoms with E-state index >= 15 is 0 Å². The monoisotopic (exact) mass is 126 g/mol. The Balaban J connectivity index is 0.000000144. The van der Waals surface area contributed by atoms with Crippen LogP contribution in [0.4, 0.5) is 0 Å². The van der Waals surface area contributed by atoms with E-state index in [4.69, 9.17) is 0 Å². The largest absolute Gasteiger partial charge is 0.474 e.